The molecule has 13 heteroatoms. The van der Waals surface area contributed by atoms with Crippen molar-refractivity contribution in [2.45, 2.75) is 36.8 Å². The van der Waals surface area contributed by atoms with Crippen LogP contribution in [0.4, 0.5) is 14.9 Å². The first kappa shape index (κ1) is 36.4. The van der Waals surface area contributed by atoms with Crippen molar-refractivity contribution in [3.8, 4) is 0 Å². The van der Waals surface area contributed by atoms with E-state index >= 15 is 0 Å². The third-order valence-corrected chi connectivity index (χ3v) is 9.69. The first-order valence-electron chi connectivity index (χ1n) is 15.3. The van der Waals surface area contributed by atoms with Crippen molar-refractivity contribution in [2.24, 2.45) is 5.73 Å². The van der Waals surface area contributed by atoms with Gasteiger partial charge in [-0.2, -0.15) is 0 Å². The number of nitrogens with one attached hydrogen (secondary N) is 1. The van der Waals surface area contributed by atoms with Crippen LogP contribution in [0.15, 0.2) is 66.7 Å². The fraction of sp³-hybridized carbons (Fsp3) is 0.382. The second-order valence-corrected chi connectivity index (χ2v) is 12.6. The van der Waals surface area contributed by atoms with Crippen LogP contribution in [0.2, 0.25) is 10.0 Å². The Morgan fingerprint density at radius 2 is 1.74 bits per heavy atom. The zero-order valence-electron chi connectivity index (χ0n) is 26.3. The van der Waals surface area contributed by atoms with Gasteiger partial charge in [0.2, 0.25) is 11.8 Å². The number of hydrogen-bond donors (Lipinski definition) is 2. The number of nitrogens with two attached hydrogens (primary N) is 1. The van der Waals surface area contributed by atoms with E-state index in [1.807, 2.05) is 30.3 Å². The highest BCUT2D eigenvalue weighted by molar-refractivity contribution is 6.42. The van der Waals surface area contributed by atoms with Crippen molar-refractivity contribution in [1.82, 2.24) is 15.1 Å². The number of piperidine rings is 1. The van der Waals surface area contributed by atoms with Gasteiger partial charge in [-0.05, 0) is 54.4 Å². The Morgan fingerprint density at radius 3 is 2.40 bits per heavy atom. The summed E-state index contributed by atoms with van der Waals surface area (Å²) >= 11 is 12.6. The predicted octanol–water partition coefficient (Wildman–Crippen LogP) is 5.88. The Morgan fingerprint density at radius 1 is 1.04 bits per heavy atom. The lowest BCUT2D eigenvalue weighted by atomic mass is 9.81. The average Bonchev–Trinajstić information content (AvgIpc) is 3.05. The molecule has 0 saturated carbocycles. The third kappa shape index (κ3) is 7.84. The molecule has 2 heterocycles. The Hall–Kier alpha value is -3.41. The smallest absolute Gasteiger partial charge is 0.414 e. The van der Waals surface area contributed by atoms with Crippen molar-refractivity contribution in [3.05, 3.63) is 99.3 Å². The van der Waals surface area contributed by atoms with Gasteiger partial charge in [0.1, 0.15) is 17.5 Å². The second-order valence-electron chi connectivity index (χ2n) is 11.8. The summed E-state index contributed by atoms with van der Waals surface area (Å²) in [6.45, 7) is 2.22. The second kappa shape index (κ2) is 15.7. The lowest BCUT2D eigenvalue weighted by molar-refractivity contribution is -0.140. The van der Waals surface area contributed by atoms with Crippen molar-refractivity contribution in [2.75, 3.05) is 51.7 Å². The van der Waals surface area contributed by atoms with Crippen LogP contribution < -0.4 is 16.0 Å². The number of carbonyl (C=O) groups is 3. The summed E-state index contributed by atoms with van der Waals surface area (Å²) in [6.07, 6.45) is 0.912. The standard InChI is InChI=1S/C34H38Cl2FN5O4.ClH/c1-40-29-11-9-24(37)21-26(29)34(46-33(40)45)13-18-42(19-14-34)17-12-25(23-8-10-27(35)28(36)20-23)32(44)41(2)30(31(43)39-16-15-38)22-6-4-3-5-7-22;/h3-11,20-21,25,30H,12-19,38H2,1-2H3,(H,39,43);1H/t25-,30+;/m1./s1. The van der Waals surface area contributed by atoms with Gasteiger partial charge in [0, 0.05) is 58.7 Å². The molecule has 1 saturated heterocycles. The molecule has 3 amide bonds. The highest BCUT2D eigenvalue weighted by atomic mass is 35.5. The highest BCUT2D eigenvalue weighted by Gasteiger charge is 2.46. The van der Waals surface area contributed by atoms with E-state index in [0.29, 0.717) is 71.3 Å². The van der Waals surface area contributed by atoms with Crippen LogP contribution in [-0.4, -0.2) is 74.5 Å². The van der Waals surface area contributed by atoms with E-state index in [0.717, 1.165) is 0 Å². The first-order valence-corrected chi connectivity index (χ1v) is 16.0. The van der Waals surface area contributed by atoms with Gasteiger partial charge in [-0.15, -0.1) is 12.4 Å². The quantitative estimate of drug-likeness (QED) is 0.273. The van der Waals surface area contributed by atoms with Crippen molar-refractivity contribution in [3.63, 3.8) is 0 Å². The van der Waals surface area contributed by atoms with Crippen molar-refractivity contribution in [1.29, 1.82) is 0 Å². The zero-order chi connectivity index (χ0) is 33.0. The molecule has 2 aliphatic heterocycles. The molecule has 0 bridgehead atoms. The maximum Gasteiger partial charge on any atom is 0.414 e. The van der Waals surface area contributed by atoms with Gasteiger partial charge in [-0.25, -0.2) is 9.18 Å². The Kier molecular flexibility index (Phi) is 12.1. The number of likely N-dealkylation sites (tertiary alicyclic amines) is 1. The molecule has 47 heavy (non-hydrogen) atoms. The number of fused-ring (bicyclic) bond motifs is 2. The van der Waals surface area contributed by atoms with Crippen LogP contribution >= 0.6 is 35.6 Å². The minimum atomic E-state index is -0.920. The molecule has 2 aliphatic rings. The van der Waals surface area contributed by atoms with E-state index in [1.54, 1.807) is 38.4 Å². The Balaban J connectivity index is 0.00000500. The summed E-state index contributed by atoms with van der Waals surface area (Å²) in [4.78, 5) is 45.5. The summed E-state index contributed by atoms with van der Waals surface area (Å²) in [5, 5.41) is 3.53. The van der Waals surface area contributed by atoms with Gasteiger partial charge in [-0.1, -0.05) is 59.6 Å². The van der Waals surface area contributed by atoms with Gasteiger partial charge in [0.25, 0.3) is 0 Å². The van der Waals surface area contributed by atoms with E-state index in [-0.39, 0.29) is 43.1 Å². The summed E-state index contributed by atoms with van der Waals surface area (Å²) in [6, 6.07) is 17.8. The van der Waals surface area contributed by atoms with Crippen molar-refractivity contribution < 1.29 is 23.5 Å². The first-order chi connectivity index (χ1) is 22.0. The van der Waals surface area contributed by atoms with Gasteiger partial charge < -0.3 is 25.6 Å². The number of benzene rings is 3. The highest BCUT2D eigenvalue weighted by Crippen LogP contribution is 2.45. The van der Waals surface area contributed by atoms with Crippen LogP contribution in [-0.2, 0) is 19.9 Å². The number of nitrogens with zero attached hydrogens (tertiary/aromatic N) is 3. The number of anilines is 1. The normalized spacial score (nSPS) is 16.8. The fourth-order valence-corrected chi connectivity index (χ4v) is 6.70. The number of carbonyl (C=O) groups excluding carboxylic acids is 3. The van der Waals surface area contributed by atoms with E-state index in [9.17, 15) is 18.8 Å². The molecule has 5 rings (SSSR count). The molecule has 1 fully saturated rings. The van der Waals surface area contributed by atoms with E-state index in [2.05, 4.69) is 10.2 Å². The summed E-state index contributed by atoms with van der Waals surface area (Å²) in [5.41, 5.74) is 7.38. The maximum absolute atomic E-state index is 14.3. The average molecular weight is 707 g/mol. The Labute approximate surface area is 290 Å². The largest absolute Gasteiger partial charge is 0.437 e. The fourth-order valence-electron chi connectivity index (χ4n) is 6.39. The van der Waals surface area contributed by atoms with E-state index < -0.39 is 23.7 Å². The van der Waals surface area contributed by atoms with Crippen molar-refractivity contribution >= 4 is 59.2 Å². The number of amides is 3. The topological polar surface area (TPSA) is 108 Å². The maximum atomic E-state index is 14.3. The summed E-state index contributed by atoms with van der Waals surface area (Å²) < 4.78 is 20.2. The van der Waals surface area contributed by atoms with Gasteiger partial charge >= 0.3 is 6.09 Å². The molecular weight excluding hydrogens is 668 g/mol. The van der Waals surface area contributed by atoms with E-state index in [1.165, 1.54) is 21.9 Å². The lowest BCUT2D eigenvalue weighted by Gasteiger charge is -2.46. The lowest BCUT2D eigenvalue weighted by Crippen LogP contribution is -2.51. The molecule has 0 radical (unpaired) electrons. The predicted molar refractivity (Wildman–Crippen MR) is 184 cm³/mol. The molecule has 2 atom stereocenters. The third-order valence-electron chi connectivity index (χ3n) is 8.95. The molecule has 0 unspecified atom stereocenters. The summed E-state index contributed by atoms with van der Waals surface area (Å²) in [5.74, 6) is -1.60. The monoisotopic (exact) mass is 705 g/mol. The number of rotatable bonds is 10. The minimum absolute atomic E-state index is 0. The van der Waals surface area contributed by atoms with Crippen LogP contribution in [0.1, 0.15) is 47.9 Å². The summed E-state index contributed by atoms with van der Waals surface area (Å²) in [7, 11) is 3.24. The number of hydrogen-bond acceptors (Lipinski definition) is 6. The van der Waals surface area contributed by atoms with Crippen LogP contribution in [0.25, 0.3) is 0 Å². The zero-order valence-corrected chi connectivity index (χ0v) is 28.6. The van der Waals surface area contributed by atoms with Gasteiger partial charge in [-0.3, -0.25) is 14.5 Å². The molecule has 9 nitrogen and oxygen atoms in total. The number of halogens is 4. The SMILES string of the molecule is CN1C(=O)OC2(CCN(CC[C@@H](C(=O)N(C)[C@H](C(=O)NCCN)c3ccccc3)c3ccc(Cl)c(Cl)c3)CC2)c2cc(F)ccc21.Cl. The molecule has 0 aliphatic carbocycles. The molecule has 3 N–H and O–H groups in total. The molecule has 3 aromatic rings. The molecule has 3 aromatic carbocycles. The van der Waals surface area contributed by atoms with Crippen LogP contribution in [0.3, 0.4) is 0 Å². The molecule has 0 aromatic heterocycles. The minimum Gasteiger partial charge on any atom is -0.437 e. The van der Waals surface area contributed by atoms with Crippen LogP contribution in [0, 0.1) is 5.82 Å². The van der Waals surface area contributed by atoms with E-state index in [4.69, 9.17) is 33.7 Å². The number of likely N-dealkylation sites (N-methyl/N-ethyl adjacent to an activating group) is 1. The van der Waals surface area contributed by atoms with Gasteiger partial charge in [0.15, 0.2) is 0 Å². The molecule has 252 valence electrons. The van der Waals surface area contributed by atoms with Gasteiger partial charge in [0.05, 0.1) is 21.7 Å². The Bertz CT molecular complexity index is 1590. The van der Waals surface area contributed by atoms with Crippen LogP contribution in [0.5, 0.6) is 0 Å². The number of ether oxygens (including phenoxy) is 1. The molecular formula is C34H39Cl3FN5O4. The molecule has 1 spiro atoms.